The van der Waals surface area contributed by atoms with Gasteiger partial charge in [0.2, 0.25) is 0 Å². The van der Waals surface area contributed by atoms with Gasteiger partial charge in [-0.25, -0.2) is 0 Å². The van der Waals surface area contributed by atoms with Gasteiger partial charge in [-0.05, 0) is 13.8 Å². The maximum absolute atomic E-state index is 10.3. The van der Waals surface area contributed by atoms with Crippen molar-refractivity contribution in [1.82, 2.24) is 0 Å². The molecule has 0 aromatic rings. The van der Waals surface area contributed by atoms with E-state index in [0.717, 1.165) is 0 Å². The predicted molar refractivity (Wildman–Crippen MR) is 28.6 cm³/mol. The molecule has 0 N–H and O–H groups in total. The second-order valence-electron chi connectivity index (χ2n) is 1.19. The number of allylic oxidation sites excluding steroid dienone is 3. The van der Waals surface area contributed by atoms with Crippen molar-refractivity contribution in [2.24, 2.45) is 0 Å². The van der Waals surface area contributed by atoms with Crippen LogP contribution in [0.5, 0.6) is 0 Å². The molecule has 8 heavy (non-hydrogen) atoms. The van der Waals surface area contributed by atoms with Crippen LogP contribution in [0.1, 0.15) is 13.8 Å². The van der Waals surface area contributed by atoms with E-state index in [1.807, 2.05) is 6.92 Å². The van der Waals surface area contributed by atoms with Crippen molar-refractivity contribution in [3.63, 3.8) is 0 Å². The van der Waals surface area contributed by atoms with Crippen molar-refractivity contribution in [3.05, 3.63) is 24.0 Å². The standard InChI is InChI=1S/C6H10O.Li/c1-3-5-6(7)4-2;/h3-5,7H,1-2H3;/q;+1/p-1/b5-3+,6-4-;. The van der Waals surface area contributed by atoms with Crippen LogP contribution in [0.25, 0.3) is 0 Å². The molecule has 0 saturated heterocycles. The zero-order chi connectivity index (χ0) is 5.70. The van der Waals surface area contributed by atoms with Crippen LogP contribution in [0.15, 0.2) is 24.0 Å². The molecule has 0 rings (SSSR count). The molecule has 0 aliphatic rings. The van der Waals surface area contributed by atoms with Gasteiger partial charge in [-0.1, -0.05) is 18.2 Å². The van der Waals surface area contributed by atoms with Crippen molar-refractivity contribution in [2.75, 3.05) is 0 Å². The first kappa shape index (κ1) is 10.8. The molecule has 1 nitrogen and oxygen atoms in total. The van der Waals surface area contributed by atoms with E-state index in [0.29, 0.717) is 0 Å². The minimum absolute atomic E-state index is 0. The Hall–Kier alpha value is -0.123. The van der Waals surface area contributed by atoms with Crippen LogP contribution in [0.3, 0.4) is 0 Å². The van der Waals surface area contributed by atoms with Crippen molar-refractivity contribution in [1.29, 1.82) is 0 Å². The molecule has 0 aromatic carbocycles. The first-order chi connectivity index (χ1) is 3.31. The van der Waals surface area contributed by atoms with E-state index in [9.17, 15) is 5.11 Å². The van der Waals surface area contributed by atoms with Gasteiger partial charge in [-0.15, -0.1) is 5.76 Å². The second-order valence-corrected chi connectivity index (χ2v) is 1.19. The summed E-state index contributed by atoms with van der Waals surface area (Å²) in [5.41, 5.74) is 0. The molecule has 0 fully saturated rings. The molecule has 40 valence electrons. The Morgan fingerprint density at radius 3 is 2.00 bits per heavy atom. The van der Waals surface area contributed by atoms with Crippen molar-refractivity contribution >= 4 is 0 Å². The summed E-state index contributed by atoms with van der Waals surface area (Å²) in [6, 6.07) is 0. The minimum atomic E-state index is 0. The van der Waals surface area contributed by atoms with Crippen molar-refractivity contribution in [2.45, 2.75) is 13.8 Å². The monoisotopic (exact) mass is 104 g/mol. The fraction of sp³-hybridized carbons (Fsp3) is 0.333. The molecule has 2 heteroatoms. The van der Waals surface area contributed by atoms with Gasteiger partial charge in [-0.3, -0.25) is 0 Å². The van der Waals surface area contributed by atoms with E-state index in [-0.39, 0.29) is 24.6 Å². The maximum atomic E-state index is 10.3. The molecule has 0 radical (unpaired) electrons. The normalized spacial score (nSPS) is 11.5. The zero-order valence-electron chi connectivity index (χ0n) is 5.64. The molecule has 0 bridgehead atoms. The molecule has 0 amide bonds. The van der Waals surface area contributed by atoms with Gasteiger partial charge < -0.3 is 5.11 Å². The molecule has 0 spiro atoms. The zero-order valence-corrected chi connectivity index (χ0v) is 5.64. The van der Waals surface area contributed by atoms with Crippen molar-refractivity contribution in [3.8, 4) is 0 Å². The number of rotatable bonds is 1. The molecule has 0 aliphatic carbocycles. The maximum Gasteiger partial charge on any atom is 1.00 e. The van der Waals surface area contributed by atoms with Crippen molar-refractivity contribution < 1.29 is 24.0 Å². The van der Waals surface area contributed by atoms with E-state index in [2.05, 4.69) is 0 Å². The number of hydrogen-bond donors (Lipinski definition) is 0. The minimum Gasteiger partial charge on any atom is -0.873 e. The molecule has 0 heterocycles. The Morgan fingerprint density at radius 1 is 1.38 bits per heavy atom. The van der Waals surface area contributed by atoms with Crippen LogP contribution in [0.4, 0.5) is 0 Å². The topological polar surface area (TPSA) is 23.1 Å². The van der Waals surface area contributed by atoms with E-state index in [1.165, 1.54) is 12.2 Å². The first-order valence-electron chi connectivity index (χ1n) is 2.27. The van der Waals surface area contributed by atoms with Gasteiger partial charge in [-0.2, -0.15) is 0 Å². The Labute approximate surface area is 62.3 Å². The summed E-state index contributed by atoms with van der Waals surface area (Å²) in [5.74, 6) is 0.0718. The van der Waals surface area contributed by atoms with Gasteiger partial charge >= 0.3 is 18.9 Å². The van der Waals surface area contributed by atoms with E-state index in [4.69, 9.17) is 0 Å². The molecule has 0 unspecified atom stereocenters. The molecule has 0 saturated carbocycles. The Bertz CT molecular complexity index is 94.7. The average Bonchev–Trinajstić information content (AvgIpc) is 1.68. The summed E-state index contributed by atoms with van der Waals surface area (Å²) in [4.78, 5) is 0. The Morgan fingerprint density at radius 2 is 1.88 bits per heavy atom. The van der Waals surface area contributed by atoms with E-state index >= 15 is 0 Å². The third kappa shape index (κ3) is 5.88. The fourth-order valence-electron chi connectivity index (χ4n) is 0.260. The summed E-state index contributed by atoms with van der Waals surface area (Å²) in [6.45, 7) is 3.55. The smallest absolute Gasteiger partial charge is 0.873 e. The van der Waals surface area contributed by atoms with Gasteiger partial charge in [0.15, 0.2) is 0 Å². The Kier molecular flexibility index (Phi) is 9.27. The number of hydrogen-bond acceptors (Lipinski definition) is 1. The first-order valence-corrected chi connectivity index (χ1v) is 2.27. The van der Waals surface area contributed by atoms with E-state index in [1.54, 1.807) is 13.0 Å². The largest absolute Gasteiger partial charge is 1.00 e. The molecular formula is C6H9LiO. The Balaban J connectivity index is 0. The van der Waals surface area contributed by atoms with Crippen LogP contribution >= 0.6 is 0 Å². The van der Waals surface area contributed by atoms with Gasteiger partial charge in [0, 0.05) is 0 Å². The van der Waals surface area contributed by atoms with Crippen LogP contribution < -0.4 is 24.0 Å². The van der Waals surface area contributed by atoms with Crippen LogP contribution in [0, 0.1) is 0 Å². The average molecular weight is 104 g/mol. The SMILES string of the molecule is C/C=C([O-])/C=C/C.[Li+]. The van der Waals surface area contributed by atoms with Gasteiger partial charge in [0.25, 0.3) is 0 Å². The third-order valence-corrected chi connectivity index (χ3v) is 0.615. The summed E-state index contributed by atoms with van der Waals surface area (Å²) >= 11 is 0. The summed E-state index contributed by atoms with van der Waals surface area (Å²) in [7, 11) is 0. The second kappa shape index (κ2) is 6.88. The van der Waals surface area contributed by atoms with Crippen LogP contribution in [0.2, 0.25) is 0 Å². The van der Waals surface area contributed by atoms with Gasteiger partial charge in [0.05, 0.1) is 0 Å². The van der Waals surface area contributed by atoms with E-state index < -0.39 is 0 Å². The summed E-state index contributed by atoms with van der Waals surface area (Å²) in [6.07, 6.45) is 4.78. The molecule has 0 aliphatic heterocycles. The molecular weight excluding hydrogens is 95.0 g/mol. The third-order valence-electron chi connectivity index (χ3n) is 0.615. The quantitative estimate of drug-likeness (QED) is 0.211. The summed E-state index contributed by atoms with van der Waals surface area (Å²) < 4.78 is 0. The fourth-order valence-corrected chi connectivity index (χ4v) is 0.260. The summed E-state index contributed by atoms with van der Waals surface area (Å²) in [5, 5.41) is 10.3. The van der Waals surface area contributed by atoms with Crippen LogP contribution in [-0.4, -0.2) is 0 Å². The van der Waals surface area contributed by atoms with Crippen LogP contribution in [-0.2, 0) is 0 Å². The molecule has 0 atom stereocenters. The molecule has 0 aromatic heterocycles. The predicted octanol–water partition coefficient (Wildman–Crippen LogP) is -2.17. The van der Waals surface area contributed by atoms with Gasteiger partial charge in [0.1, 0.15) is 0 Å².